The van der Waals surface area contributed by atoms with E-state index in [4.69, 9.17) is 4.74 Å². The average molecular weight is 359 g/mol. The molecule has 0 aliphatic carbocycles. The molecule has 2 rings (SSSR count). The highest BCUT2D eigenvalue weighted by molar-refractivity contribution is 8.04. The zero-order valence-electron chi connectivity index (χ0n) is 14.4. The van der Waals surface area contributed by atoms with E-state index in [-0.39, 0.29) is 23.3 Å². The van der Waals surface area contributed by atoms with E-state index >= 15 is 0 Å². The number of hydrogen-bond donors (Lipinski definition) is 0. The molecule has 0 saturated carbocycles. The quantitative estimate of drug-likeness (QED) is 0.323. The summed E-state index contributed by atoms with van der Waals surface area (Å²) >= 11 is 1.27. The summed E-state index contributed by atoms with van der Waals surface area (Å²) in [5, 5.41) is 9.45. The fourth-order valence-electron chi connectivity index (χ4n) is 2.62. The van der Waals surface area contributed by atoms with E-state index in [0.29, 0.717) is 18.0 Å². The number of hydrogen-bond acceptors (Lipinski definition) is 5. The van der Waals surface area contributed by atoms with Gasteiger partial charge in [0.05, 0.1) is 5.25 Å². The second kappa shape index (κ2) is 8.58. The number of esters is 1. The molecule has 1 amide bonds. The van der Waals surface area contributed by atoms with Crippen LogP contribution in [0.4, 0.5) is 0 Å². The van der Waals surface area contributed by atoms with Crippen LogP contribution < -0.4 is 0 Å². The molecule has 25 heavy (non-hydrogen) atoms. The maximum atomic E-state index is 12.6. The number of carbonyl (C=O) groups is 2. The van der Waals surface area contributed by atoms with Gasteiger partial charge in [-0.25, -0.2) is 4.79 Å². The summed E-state index contributed by atoms with van der Waals surface area (Å²) in [6.07, 6.45) is 4.79. The molecule has 0 N–H and O–H groups in total. The van der Waals surface area contributed by atoms with E-state index in [1.807, 2.05) is 42.9 Å². The number of nitrogens with zero attached hydrogens (tertiary/aromatic N) is 3. The van der Waals surface area contributed by atoms with Crippen molar-refractivity contribution in [3.63, 3.8) is 0 Å². The molecule has 0 radical (unpaired) electrons. The molecule has 0 spiro atoms. The topological polar surface area (TPSA) is 75.3 Å². The van der Waals surface area contributed by atoms with Crippen molar-refractivity contribution in [2.75, 3.05) is 13.2 Å². The first-order chi connectivity index (χ1) is 12.0. The lowest BCUT2D eigenvalue weighted by Crippen LogP contribution is -2.29. The molecule has 1 unspecified atom stereocenters. The lowest BCUT2D eigenvalue weighted by atomic mass is 10.1. The summed E-state index contributed by atoms with van der Waals surface area (Å²) in [6, 6.07) is 5.87. The van der Waals surface area contributed by atoms with E-state index in [1.54, 1.807) is 0 Å². The Hall–Kier alpha value is -2.46. The molecule has 1 aromatic heterocycles. The summed E-state index contributed by atoms with van der Waals surface area (Å²) in [7, 11) is 1.96. The van der Waals surface area contributed by atoms with Gasteiger partial charge in [-0.3, -0.25) is 4.79 Å². The van der Waals surface area contributed by atoms with Crippen LogP contribution in [0.1, 0.15) is 19.0 Å². The SMILES string of the molecule is C=CCOC(=O)C(C#N)=C1SC(CCc2cccn2C)C(=O)N1CC. The minimum atomic E-state index is -0.723. The van der Waals surface area contributed by atoms with E-state index in [0.717, 1.165) is 12.1 Å². The summed E-state index contributed by atoms with van der Waals surface area (Å²) in [5.41, 5.74) is 1.02. The van der Waals surface area contributed by atoms with Crippen LogP contribution in [-0.2, 0) is 27.8 Å². The number of rotatable bonds is 7. The van der Waals surface area contributed by atoms with Gasteiger partial charge in [-0.1, -0.05) is 24.4 Å². The van der Waals surface area contributed by atoms with Crippen LogP contribution in [0.5, 0.6) is 0 Å². The van der Waals surface area contributed by atoms with Gasteiger partial charge in [-0.2, -0.15) is 5.26 Å². The van der Waals surface area contributed by atoms with Crippen LogP contribution in [-0.4, -0.2) is 39.7 Å². The molecular formula is C18H21N3O3S. The molecule has 1 aromatic rings. The van der Waals surface area contributed by atoms with E-state index in [1.165, 1.54) is 22.7 Å². The summed E-state index contributed by atoms with van der Waals surface area (Å²) in [5.74, 6) is -0.791. The van der Waals surface area contributed by atoms with Crippen LogP contribution in [0.3, 0.4) is 0 Å². The highest BCUT2D eigenvalue weighted by Gasteiger charge is 2.39. The molecule has 0 bridgehead atoms. The van der Waals surface area contributed by atoms with Crippen LogP contribution in [0.25, 0.3) is 0 Å². The van der Waals surface area contributed by atoms with Crippen LogP contribution in [0, 0.1) is 11.3 Å². The molecule has 7 heteroatoms. The van der Waals surface area contributed by atoms with Crippen molar-refractivity contribution < 1.29 is 14.3 Å². The van der Waals surface area contributed by atoms with Gasteiger partial charge in [0.2, 0.25) is 5.91 Å². The molecule has 6 nitrogen and oxygen atoms in total. The van der Waals surface area contributed by atoms with Crippen molar-refractivity contribution in [2.45, 2.75) is 25.0 Å². The van der Waals surface area contributed by atoms with Gasteiger partial charge in [-0.05, 0) is 31.9 Å². The minimum absolute atomic E-state index is 0.0267. The monoisotopic (exact) mass is 359 g/mol. The van der Waals surface area contributed by atoms with Crippen molar-refractivity contribution in [1.82, 2.24) is 9.47 Å². The summed E-state index contributed by atoms with van der Waals surface area (Å²) in [4.78, 5) is 26.2. The third-order valence-corrected chi connectivity index (χ3v) is 5.30. The number of aromatic nitrogens is 1. The fourth-order valence-corrected chi connectivity index (χ4v) is 3.95. The average Bonchev–Trinajstić information content (AvgIpc) is 3.15. The van der Waals surface area contributed by atoms with Crippen molar-refractivity contribution in [2.24, 2.45) is 7.05 Å². The van der Waals surface area contributed by atoms with Crippen LogP contribution >= 0.6 is 11.8 Å². The Kier molecular flexibility index (Phi) is 6.48. The maximum Gasteiger partial charge on any atom is 0.351 e. The van der Waals surface area contributed by atoms with Gasteiger partial charge in [-0.15, -0.1) is 0 Å². The third kappa shape index (κ3) is 4.15. The van der Waals surface area contributed by atoms with E-state index in [2.05, 4.69) is 6.58 Å². The highest BCUT2D eigenvalue weighted by Crippen LogP contribution is 2.39. The normalized spacial score (nSPS) is 18.8. The molecule has 2 heterocycles. The fraction of sp³-hybridized carbons (Fsp3) is 0.389. The molecule has 1 aliphatic heterocycles. The van der Waals surface area contributed by atoms with Gasteiger partial charge < -0.3 is 14.2 Å². The lowest BCUT2D eigenvalue weighted by Gasteiger charge is -2.15. The van der Waals surface area contributed by atoms with Gasteiger partial charge in [0.15, 0.2) is 5.57 Å². The first-order valence-corrected chi connectivity index (χ1v) is 8.92. The van der Waals surface area contributed by atoms with Crippen molar-refractivity contribution in [3.8, 4) is 6.07 Å². The molecule has 1 saturated heterocycles. The standard InChI is InChI=1S/C18H21N3O3S/c1-4-11-24-18(23)14(12-19)17-21(5-2)16(22)15(25-17)9-8-13-7-6-10-20(13)3/h4,6-7,10,15H,1,5,8-9,11H2,2-3H3. The summed E-state index contributed by atoms with van der Waals surface area (Å²) < 4.78 is 6.98. The van der Waals surface area contributed by atoms with Gasteiger partial charge in [0.25, 0.3) is 0 Å². The highest BCUT2D eigenvalue weighted by atomic mass is 32.2. The maximum absolute atomic E-state index is 12.6. The largest absolute Gasteiger partial charge is 0.457 e. The Morgan fingerprint density at radius 1 is 1.56 bits per heavy atom. The molecular weight excluding hydrogens is 338 g/mol. The number of thioether (sulfide) groups is 1. The van der Waals surface area contributed by atoms with Gasteiger partial charge in [0.1, 0.15) is 17.7 Å². The number of amides is 1. The predicted octanol–water partition coefficient (Wildman–Crippen LogP) is 2.39. The first-order valence-electron chi connectivity index (χ1n) is 8.04. The smallest absolute Gasteiger partial charge is 0.351 e. The Labute approximate surface area is 151 Å². The minimum Gasteiger partial charge on any atom is -0.457 e. The molecule has 132 valence electrons. The van der Waals surface area contributed by atoms with Crippen molar-refractivity contribution in [3.05, 3.63) is 47.3 Å². The number of ether oxygens (including phenoxy) is 1. The molecule has 0 aromatic carbocycles. The van der Waals surface area contributed by atoms with Gasteiger partial charge in [0, 0.05) is 25.5 Å². The zero-order valence-corrected chi connectivity index (χ0v) is 15.2. The van der Waals surface area contributed by atoms with Gasteiger partial charge >= 0.3 is 5.97 Å². The van der Waals surface area contributed by atoms with Crippen LogP contribution in [0.2, 0.25) is 0 Å². The van der Waals surface area contributed by atoms with E-state index in [9.17, 15) is 14.9 Å². The Morgan fingerprint density at radius 2 is 2.32 bits per heavy atom. The Bertz CT molecular complexity index is 745. The number of nitriles is 1. The first kappa shape index (κ1) is 18.9. The zero-order chi connectivity index (χ0) is 18.4. The van der Waals surface area contributed by atoms with E-state index < -0.39 is 5.97 Å². The Morgan fingerprint density at radius 3 is 2.88 bits per heavy atom. The lowest BCUT2D eigenvalue weighted by molar-refractivity contribution is -0.137. The molecule has 1 aliphatic rings. The van der Waals surface area contributed by atoms with Crippen LogP contribution in [0.15, 0.2) is 41.6 Å². The second-order valence-electron chi connectivity index (χ2n) is 5.52. The number of aryl methyl sites for hydroxylation is 2. The second-order valence-corrected chi connectivity index (χ2v) is 6.71. The molecule has 1 fully saturated rings. The van der Waals surface area contributed by atoms with Crippen molar-refractivity contribution >= 4 is 23.6 Å². The molecule has 1 atom stereocenters. The number of carbonyl (C=O) groups excluding carboxylic acids is 2. The summed E-state index contributed by atoms with van der Waals surface area (Å²) in [6.45, 7) is 5.73. The predicted molar refractivity (Wildman–Crippen MR) is 96.3 cm³/mol. The Balaban J connectivity index is 2.18. The third-order valence-electron chi connectivity index (χ3n) is 3.93. The van der Waals surface area contributed by atoms with Crippen molar-refractivity contribution in [1.29, 1.82) is 5.26 Å².